The van der Waals surface area contributed by atoms with Gasteiger partial charge in [0.05, 0.1) is 6.61 Å². The van der Waals surface area contributed by atoms with Crippen LogP contribution in [-0.2, 0) is 4.79 Å². The minimum atomic E-state index is -0.870. The van der Waals surface area contributed by atoms with Gasteiger partial charge in [-0.2, -0.15) is 0 Å². The molecule has 0 aromatic heterocycles. The number of carbonyl (C=O) groups excluding carboxylic acids is 2. The normalized spacial score (nSPS) is 11.4. The maximum absolute atomic E-state index is 12.9. The van der Waals surface area contributed by atoms with Gasteiger partial charge >= 0.3 is 0 Å². The average molecular weight is 374 g/mol. The first-order valence-corrected chi connectivity index (χ1v) is 8.75. The molecule has 2 rings (SSSR count). The Hall–Kier alpha value is -3.09. The number of halogens is 1. The van der Waals surface area contributed by atoms with E-state index in [0.717, 1.165) is 12.8 Å². The van der Waals surface area contributed by atoms with Crippen molar-refractivity contribution in [3.05, 3.63) is 59.9 Å². The van der Waals surface area contributed by atoms with E-state index in [1.807, 2.05) is 0 Å². The number of amides is 2. The van der Waals surface area contributed by atoms with Crippen molar-refractivity contribution in [2.45, 2.75) is 32.8 Å². The molecule has 144 valence electrons. The zero-order chi connectivity index (χ0) is 19.6. The van der Waals surface area contributed by atoms with Crippen molar-refractivity contribution in [1.82, 2.24) is 10.9 Å². The minimum Gasteiger partial charge on any atom is -0.494 e. The van der Waals surface area contributed by atoms with Crippen molar-refractivity contribution in [1.29, 1.82) is 0 Å². The highest BCUT2D eigenvalue weighted by Gasteiger charge is 2.16. The summed E-state index contributed by atoms with van der Waals surface area (Å²) in [7, 11) is 0. The van der Waals surface area contributed by atoms with Gasteiger partial charge in [-0.05, 0) is 61.9 Å². The Morgan fingerprint density at radius 3 is 2.26 bits per heavy atom. The lowest BCUT2D eigenvalue weighted by Gasteiger charge is -2.15. The lowest BCUT2D eigenvalue weighted by Crippen LogP contribution is -2.47. The molecular formula is C20H23FN2O4. The Bertz CT molecular complexity index is 748. The van der Waals surface area contributed by atoms with Gasteiger partial charge in [0.1, 0.15) is 17.3 Å². The Balaban J connectivity index is 1.79. The SMILES string of the molecule is CCCCOc1ccc(C(=O)NNC(=O)[C@H](C)Oc2ccc(F)cc2)cc1. The summed E-state index contributed by atoms with van der Waals surface area (Å²) in [5.41, 5.74) is 5.01. The minimum absolute atomic E-state index is 0.351. The summed E-state index contributed by atoms with van der Waals surface area (Å²) in [5, 5.41) is 0. The van der Waals surface area contributed by atoms with Gasteiger partial charge in [-0.15, -0.1) is 0 Å². The van der Waals surface area contributed by atoms with Gasteiger partial charge < -0.3 is 9.47 Å². The van der Waals surface area contributed by atoms with Gasteiger partial charge in [-0.1, -0.05) is 13.3 Å². The molecule has 0 fully saturated rings. The molecule has 0 saturated heterocycles. The van der Waals surface area contributed by atoms with Crippen LogP contribution in [0.25, 0.3) is 0 Å². The van der Waals surface area contributed by atoms with Crippen LogP contribution >= 0.6 is 0 Å². The molecule has 0 aliphatic heterocycles. The van der Waals surface area contributed by atoms with Crippen LogP contribution < -0.4 is 20.3 Å². The van der Waals surface area contributed by atoms with E-state index in [9.17, 15) is 14.0 Å². The van der Waals surface area contributed by atoms with Gasteiger partial charge in [0.2, 0.25) is 0 Å². The summed E-state index contributed by atoms with van der Waals surface area (Å²) in [5.74, 6) is -0.354. The van der Waals surface area contributed by atoms with E-state index in [1.54, 1.807) is 24.3 Å². The van der Waals surface area contributed by atoms with Crippen molar-refractivity contribution < 1.29 is 23.5 Å². The van der Waals surface area contributed by atoms with Crippen LogP contribution in [-0.4, -0.2) is 24.5 Å². The number of hydrogen-bond acceptors (Lipinski definition) is 4. The van der Waals surface area contributed by atoms with Crippen molar-refractivity contribution in [2.75, 3.05) is 6.61 Å². The second kappa shape index (κ2) is 10.2. The number of nitrogens with one attached hydrogen (secondary N) is 2. The number of hydrogen-bond donors (Lipinski definition) is 2. The molecule has 0 radical (unpaired) electrons. The van der Waals surface area contributed by atoms with E-state index in [1.165, 1.54) is 31.2 Å². The Morgan fingerprint density at radius 2 is 1.63 bits per heavy atom. The number of benzene rings is 2. The third-order valence-corrected chi connectivity index (χ3v) is 3.68. The maximum Gasteiger partial charge on any atom is 0.279 e. The van der Waals surface area contributed by atoms with Gasteiger partial charge in [-0.3, -0.25) is 20.4 Å². The number of ether oxygens (including phenoxy) is 2. The molecule has 0 aliphatic rings. The topological polar surface area (TPSA) is 76.7 Å². The van der Waals surface area contributed by atoms with Gasteiger partial charge in [0.15, 0.2) is 6.10 Å². The third-order valence-electron chi connectivity index (χ3n) is 3.68. The monoisotopic (exact) mass is 374 g/mol. The maximum atomic E-state index is 12.9. The van der Waals surface area contributed by atoms with Crippen LogP contribution in [0.3, 0.4) is 0 Å². The average Bonchev–Trinajstić information content (AvgIpc) is 2.68. The molecule has 1 atom stereocenters. The van der Waals surface area contributed by atoms with Crippen LogP contribution in [0.4, 0.5) is 4.39 Å². The van der Waals surface area contributed by atoms with E-state index < -0.39 is 23.7 Å². The quantitative estimate of drug-likeness (QED) is 0.549. The molecule has 27 heavy (non-hydrogen) atoms. The predicted octanol–water partition coefficient (Wildman–Crippen LogP) is 3.23. The summed E-state index contributed by atoms with van der Waals surface area (Å²) in [6, 6.07) is 11.9. The summed E-state index contributed by atoms with van der Waals surface area (Å²) in [4.78, 5) is 24.1. The zero-order valence-corrected chi connectivity index (χ0v) is 15.3. The largest absolute Gasteiger partial charge is 0.494 e. The van der Waals surface area contributed by atoms with Crippen molar-refractivity contribution in [3.8, 4) is 11.5 Å². The van der Waals surface area contributed by atoms with Gasteiger partial charge in [-0.25, -0.2) is 4.39 Å². The molecule has 0 unspecified atom stereocenters. The van der Waals surface area contributed by atoms with E-state index in [2.05, 4.69) is 17.8 Å². The van der Waals surface area contributed by atoms with Crippen molar-refractivity contribution >= 4 is 11.8 Å². The predicted molar refractivity (Wildman–Crippen MR) is 98.9 cm³/mol. The molecule has 6 nitrogen and oxygen atoms in total. The van der Waals surface area contributed by atoms with Crippen LogP contribution in [0.15, 0.2) is 48.5 Å². The second-order valence-corrected chi connectivity index (χ2v) is 5.88. The molecule has 2 N–H and O–H groups in total. The summed E-state index contributed by atoms with van der Waals surface area (Å²) >= 11 is 0. The molecule has 0 aliphatic carbocycles. The molecule has 0 saturated carbocycles. The Labute approximate surface area is 157 Å². The lowest BCUT2D eigenvalue weighted by molar-refractivity contribution is -0.128. The summed E-state index contributed by atoms with van der Waals surface area (Å²) in [6.45, 7) is 4.23. The summed E-state index contributed by atoms with van der Waals surface area (Å²) < 4.78 is 23.8. The lowest BCUT2D eigenvalue weighted by atomic mass is 10.2. The molecule has 2 aromatic carbocycles. The summed E-state index contributed by atoms with van der Waals surface area (Å²) in [6.07, 6.45) is 1.14. The molecular weight excluding hydrogens is 351 g/mol. The first-order chi connectivity index (χ1) is 13.0. The van der Waals surface area contributed by atoms with Crippen molar-refractivity contribution in [3.63, 3.8) is 0 Å². The van der Waals surface area contributed by atoms with Crippen LogP contribution in [0, 0.1) is 5.82 Å². The number of unbranched alkanes of at least 4 members (excludes halogenated alkanes) is 1. The van der Waals surface area contributed by atoms with Crippen molar-refractivity contribution in [2.24, 2.45) is 0 Å². The second-order valence-electron chi connectivity index (χ2n) is 5.88. The fourth-order valence-electron chi connectivity index (χ4n) is 2.10. The fourth-order valence-corrected chi connectivity index (χ4v) is 2.10. The first-order valence-electron chi connectivity index (χ1n) is 8.75. The third kappa shape index (κ3) is 6.62. The first kappa shape index (κ1) is 20.2. The fraction of sp³-hybridized carbons (Fsp3) is 0.300. The highest BCUT2D eigenvalue weighted by molar-refractivity contribution is 5.95. The van der Waals surface area contributed by atoms with Crippen LogP contribution in [0.1, 0.15) is 37.0 Å². The molecule has 0 bridgehead atoms. The Kier molecular flexibility index (Phi) is 7.61. The number of carbonyl (C=O) groups is 2. The highest BCUT2D eigenvalue weighted by Crippen LogP contribution is 2.14. The van der Waals surface area contributed by atoms with E-state index in [0.29, 0.717) is 23.7 Å². The number of rotatable bonds is 8. The van der Waals surface area contributed by atoms with Gasteiger partial charge in [0.25, 0.3) is 11.8 Å². The standard InChI is InChI=1S/C20H23FN2O4/c1-3-4-13-26-17-9-5-15(6-10-17)20(25)23-22-19(24)14(2)27-18-11-7-16(21)8-12-18/h5-12,14H,3-4,13H2,1-2H3,(H,22,24)(H,23,25)/t14-/m0/s1. The molecule has 2 aromatic rings. The van der Waals surface area contributed by atoms with Crippen LogP contribution in [0.2, 0.25) is 0 Å². The zero-order valence-electron chi connectivity index (χ0n) is 15.3. The van der Waals surface area contributed by atoms with E-state index in [4.69, 9.17) is 9.47 Å². The van der Waals surface area contributed by atoms with Crippen LogP contribution in [0.5, 0.6) is 11.5 Å². The smallest absolute Gasteiger partial charge is 0.279 e. The molecule has 0 heterocycles. The van der Waals surface area contributed by atoms with E-state index in [-0.39, 0.29) is 0 Å². The Morgan fingerprint density at radius 1 is 1.00 bits per heavy atom. The van der Waals surface area contributed by atoms with Gasteiger partial charge in [0, 0.05) is 5.56 Å². The highest BCUT2D eigenvalue weighted by atomic mass is 19.1. The molecule has 0 spiro atoms. The molecule has 7 heteroatoms. The molecule has 2 amide bonds. The number of hydrazine groups is 1. The van der Waals surface area contributed by atoms with E-state index >= 15 is 0 Å².